The van der Waals surface area contributed by atoms with E-state index in [0.717, 1.165) is 19.6 Å². The Labute approximate surface area is 92.4 Å². The van der Waals surface area contributed by atoms with Gasteiger partial charge in [-0.05, 0) is 32.5 Å². The molecule has 0 saturated carbocycles. The molecule has 0 aromatic rings. The molecule has 1 rings (SSSR count). The van der Waals surface area contributed by atoms with Crippen LogP contribution in [0.2, 0.25) is 0 Å². The van der Waals surface area contributed by atoms with E-state index in [1.165, 1.54) is 32.4 Å². The Morgan fingerprint density at radius 3 is 2.67 bits per heavy atom. The molecule has 4 nitrogen and oxygen atoms in total. The van der Waals surface area contributed by atoms with E-state index in [0.29, 0.717) is 6.54 Å². The highest BCUT2D eigenvalue weighted by atomic mass is 16.1. The van der Waals surface area contributed by atoms with Gasteiger partial charge in [0.1, 0.15) is 0 Å². The quantitative estimate of drug-likeness (QED) is 0.662. The molecule has 1 heterocycles. The molecule has 0 radical (unpaired) electrons. The van der Waals surface area contributed by atoms with Crippen LogP contribution in [-0.2, 0) is 4.79 Å². The summed E-state index contributed by atoms with van der Waals surface area (Å²) >= 11 is 0. The monoisotopic (exact) mass is 213 g/mol. The number of nitrogens with zero attached hydrogens (tertiary/aromatic N) is 1. The van der Waals surface area contributed by atoms with E-state index in [1.54, 1.807) is 0 Å². The van der Waals surface area contributed by atoms with E-state index in [4.69, 9.17) is 0 Å². The largest absolute Gasteiger partial charge is 0.354 e. The van der Waals surface area contributed by atoms with Gasteiger partial charge in [-0.3, -0.25) is 4.79 Å². The lowest BCUT2D eigenvalue weighted by Gasteiger charge is -2.26. The Morgan fingerprint density at radius 1 is 1.27 bits per heavy atom. The molecular weight excluding hydrogens is 190 g/mol. The van der Waals surface area contributed by atoms with Gasteiger partial charge in [0.25, 0.3) is 0 Å². The predicted octanol–water partition coefficient (Wildman–Crippen LogP) is 0.198. The Kier molecular flexibility index (Phi) is 6.36. The zero-order chi connectivity index (χ0) is 10.9. The van der Waals surface area contributed by atoms with E-state index in [1.807, 2.05) is 6.92 Å². The van der Waals surface area contributed by atoms with Crippen molar-refractivity contribution in [2.45, 2.75) is 26.2 Å². The summed E-state index contributed by atoms with van der Waals surface area (Å²) in [5.74, 6) is 0.105. The van der Waals surface area contributed by atoms with Crippen LogP contribution < -0.4 is 10.6 Å². The molecule has 0 aliphatic carbocycles. The molecule has 15 heavy (non-hydrogen) atoms. The number of rotatable bonds is 6. The first-order valence-corrected chi connectivity index (χ1v) is 6.02. The van der Waals surface area contributed by atoms with Crippen molar-refractivity contribution in [3.8, 4) is 0 Å². The van der Waals surface area contributed by atoms with Crippen LogP contribution in [0, 0.1) is 0 Å². The van der Waals surface area contributed by atoms with Gasteiger partial charge in [0.05, 0.1) is 6.54 Å². The number of carbonyl (C=O) groups is 1. The SMILES string of the molecule is CCNCC(=O)NCCN1CCCCC1. The maximum absolute atomic E-state index is 11.3. The van der Waals surface area contributed by atoms with Crippen LogP contribution >= 0.6 is 0 Å². The summed E-state index contributed by atoms with van der Waals surface area (Å²) < 4.78 is 0. The minimum Gasteiger partial charge on any atom is -0.354 e. The normalized spacial score (nSPS) is 17.7. The molecule has 0 spiro atoms. The highest BCUT2D eigenvalue weighted by molar-refractivity contribution is 5.77. The van der Waals surface area contributed by atoms with Crippen molar-refractivity contribution >= 4 is 5.91 Å². The molecule has 1 amide bonds. The highest BCUT2D eigenvalue weighted by Crippen LogP contribution is 2.06. The standard InChI is InChI=1S/C11H23N3O/c1-2-12-10-11(15)13-6-9-14-7-4-3-5-8-14/h12H,2-10H2,1H3,(H,13,15). The summed E-state index contributed by atoms with van der Waals surface area (Å²) in [6.45, 7) is 7.46. The Bertz CT molecular complexity index is 179. The zero-order valence-electron chi connectivity index (χ0n) is 9.72. The highest BCUT2D eigenvalue weighted by Gasteiger charge is 2.09. The minimum absolute atomic E-state index is 0.105. The number of likely N-dealkylation sites (tertiary alicyclic amines) is 1. The van der Waals surface area contributed by atoms with E-state index < -0.39 is 0 Å². The maximum atomic E-state index is 11.3. The first kappa shape index (κ1) is 12.5. The van der Waals surface area contributed by atoms with Gasteiger partial charge < -0.3 is 15.5 Å². The molecule has 0 aromatic heterocycles. The van der Waals surface area contributed by atoms with E-state index in [9.17, 15) is 4.79 Å². The van der Waals surface area contributed by atoms with Gasteiger partial charge in [0, 0.05) is 13.1 Å². The van der Waals surface area contributed by atoms with Gasteiger partial charge in [-0.25, -0.2) is 0 Å². The van der Waals surface area contributed by atoms with Gasteiger partial charge in [-0.1, -0.05) is 13.3 Å². The molecular formula is C11H23N3O. The first-order valence-electron chi connectivity index (χ1n) is 6.02. The molecule has 2 N–H and O–H groups in total. The Morgan fingerprint density at radius 2 is 2.00 bits per heavy atom. The van der Waals surface area contributed by atoms with Crippen molar-refractivity contribution < 1.29 is 4.79 Å². The molecule has 88 valence electrons. The molecule has 0 aromatic carbocycles. The average molecular weight is 213 g/mol. The summed E-state index contributed by atoms with van der Waals surface area (Å²) in [6.07, 6.45) is 3.99. The third-order valence-corrected chi connectivity index (χ3v) is 2.73. The van der Waals surface area contributed by atoms with Gasteiger partial charge in [0.2, 0.25) is 5.91 Å². The summed E-state index contributed by atoms with van der Waals surface area (Å²) in [5.41, 5.74) is 0. The summed E-state index contributed by atoms with van der Waals surface area (Å²) in [6, 6.07) is 0. The average Bonchev–Trinajstić information content (AvgIpc) is 2.28. The van der Waals surface area contributed by atoms with Crippen molar-refractivity contribution in [1.82, 2.24) is 15.5 Å². The van der Waals surface area contributed by atoms with Crippen LogP contribution in [0.15, 0.2) is 0 Å². The number of hydrogen-bond acceptors (Lipinski definition) is 3. The second-order valence-electron chi connectivity index (χ2n) is 4.03. The molecule has 4 heteroatoms. The molecule has 0 atom stereocenters. The van der Waals surface area contributed by atoms with Crippen LogP contribution in [0.5, 0.6) is 0 Å². The van der Waals surface area contributed by atoms with Crippen LogP contribution in [0.25, 0.3) is 0 Å². The van der Waals surface area contributed by atoms with Gasteiger partial charge in [-0.2, -0.15) is 0 Å². The van der Waals surface area contributed by atoms with Crippen molar-refractivity contribution in [2.75, 3.05) is 39.3 Å². The fourth-order valence-corrected chi connectivity index (χ4v) is 1.84. The van der Waals surface area contributed by atoms with Crippen LogP contribution in [0.1, 0.15) is 26.2 Å². The van der Waals surface area contributed by atoms with Crippen molar-refractivity contribution in [2.24, 2.45) is 0 Å². The smallest absolute Gasteiger partial charge is 0.234 e. The molecule has 1 aliphatic heterocycles. The van der Waals surface area contributed by atoms with Crippen LogP contribution in [0.3, 0.4) is 0 Å². The number of carbonyl (C=O) groups excluding carboxylic acids is 1. The first-order chi connectivity index (χ1) is 7.33. The third kappa shape index (κ3) is 5.74. The molecule has 1 saturated heterocycles. The Hall–Kier alpha value is -0.610. The number of hydrogen-bond donors (Lipinski definition) is 2. The lowest BCUT2D eigenvalue weighted by atomic mass is 10.1. The fourth-order valence-electron chi connectivity index (χ4n) is 1.84. The summed E-state index contributed by atoms with van der Waals surface area (Å²) in [4.78, 5) is 13.7. The number of piperidine rings is 1. The van der Waals surface area contributed by atoms with E-state index >= 15 is 0 Å². The number of nitrogens with one attached hydrogen (secondary N) is 2. The lowest BCUT2D eigenvalue weighted by Crippen LogP contribution is -2.40. The number of amides is 1. The third-order valence-electron chi connectivity index (χ3n) is 2.73. The number of likely N-dealkylation sites (N-methyl/N-ethyl adjacent to an activating group) is 1. The predicted molar refractivity (Wildman–Crippen MR) is 61.8 cm³/mol. The molecule has 1 fully saturated rings. The zero-order valence-corrected chi connectivity index (χ0v) is 9.72. The van der Waals surface area contributed by atoms with Crippen LogP contribution in [0.4, 0.5) is 0 Å². The second-order valence-corrected chi connectivity index (χ2v) is 4.03. The van der Waals surface area contributed by atoms with Gasteiger partial charge in [-0.15, -0.1) is 0 Å². The van der Waals surface area contributed by atoms with Crippen molar-refractivity contribution in [1.29, 1.82) is 0 Å². The maximum Gasteiger partial charge on any atom is 0.234 e. The Balaban J connectivity index is 1.97. The lowest BCUT2D eigenvalue weighted by molar-refractivity contribution is -0.120. The van der Waals surface area contributed by atoms with Crippen molar-refractivity contribution in [3.63, 3.8) is 0 Å². The van der Waals surface area contributed by atoms with Gasteiger partial charge >= 0.3 is 0 Å². The summed E-state index contributed by atoms with van der Waals surface area (Å²) in [5, 5.41) is 5.93. The van der Waals surface area contributed by atoms with Crippen LogP contribution in [-0.4, -0.2) is 50.1 Å². The van der Waals surface area contributed by atoms with E-state index in [2.05, 4.69) is 15.5 Å². The second kappa shape index (κ2) is 7.65. The molecule has 0 bridgehead atoms. The molecule has 0 unspecified atom stereocenters. The fraction of sp³-hybridized carbons (Fsp3) is 0.909. The van der Waals surface area contributed by atoms with E-state index in [-0.39, 0.29) is 5.91 Å². The van der Waals surface area contributed by atoms with Gasteiger partial charge in [0.15, 0.2) is 0 Å². The van der Waals surface area contributed by atoms with Crippen molar-refractivity contribution in [3.05, 3.63) is 0 Å². The minimum atomic E-state index is 0.105. The molecule has 1 aliphatic rings. The summed E-state index contributed by atoms with van der Waals surface area (Å²) in [7, 11) is 0. The topological polar surface area (TPSA) is 44.4 Å².